The molecule has 0 saturated heterocycles. The van der Waals surface area contributed by atoms with Gasteiger partial charge in [0.25, 0.3) is 0 Å². The molecule has 0 unspecified atom stereocenters. The summed E-state index contributed by atoms with van der Waals surface area (Å²) >= 11 is 0. The highest BCUT2D eigenvalue weighted by Gasteiger charge is 2.33. The van der Waals surface area contributed by atoms with E-state index in [0.717, 1.165) is 36.2 Å². The van der Waals surface area contributed by atoms with Crippen molar-refractivity contribution in [3.05, 3.63) is 29.6 Å². The Labute approximate surface area is 122 Å². The van der Waals surface area contributed by atoms with E-state index in [1.165, 1.54) is 12.8 Å². The summed E-state index contributed by atoms with van der Waals surface area (Å²) < 4.78 is 2.19. The minimum atomic E-state index is -0.906. The zero-order valence-corrected chi connectivity index (χ0v) is 11.7. The van der Waals surface area contributed by atoms with Crippen LogP contribution in [-0.4, -0.2) is 31.8 Å². The number of aromatic nitrogens is 2. The second kappa shape index (κ2) is 4.56. The van der Waals surface area contributed by atoms with Crippen LogP contribution in [0.2, 0.25) is 0 Å². The zero-order chi connectivity index (χ0) is 14.6. The maximum Gasteiger partial charge on any atom is 0.335 e. The number of carbonyl (C=O) groups is 1. The molecular formula is C16H18N2O3. The van der Waals surface area contributed by atoms with E-state index >= 15 is 0 Å². The van der Waals surface area contributed by atoms with Crippen LogP contribution in [-0.2, 0) is 6.54 Å². The predicted molar refractivity (Wildman–Crippen MR) is 77.4 cm³/mol. The van der Waals surface area contributed by atoms with Crippen LogP contribution in [0.5, 0.6) is 0 Å². The molecule has 0 radical (unpaired) electrons. The molecule has 5 heteroatoms. The lowest BCUT2D eigenvalue weighted by atomic mass is 9.82. The fraction of sp³-hybridized carbons (Fsp3) is 0.500. The zero-order valence-electron chi connectivity index (χ0n) is 11.7. The van der Waals surface area contributed by atoms with E-state index in [9.17, 15) is 15.0 Å². The maximum atomic E-state index is 11.2. The van der Waals surface area contributed by atoms with Crippen LogP contribution in [0.1, 0.15) is 47.8 Å². The van der Waals surface area contributed by atoms with Crippen LogP contribution in [0.3, 0.4) is 0 Å². The molecule has 5 nitrogen and oxygen atoms in total. The highest BCUT2D eigenvalue weighted by molar-refractivity contribution is 5.92. The minimum Gasteiger partial charge on any atom is -0.478 e. The minimum absolute atomic E-state index is 0.163. The van der Waals surface area contributed by atoms with Crippen LogP contribution >= 0.6 is 0 Å². The molecule has 4 rings (SSSR count). The SMILES string of the molecule is O=C(O)c1ccc2nc(C3CC3)n(CC3CC(O)C3)c2c1. The Morgan fingerprint density at radius 1 is 1.33 bits per heavy atom. The Kier molecular flexibility index (Phi) is 2.79. The molecule has 2 N–H and O–H groups in total. The van der Waals surface area contributed by atoms with Crippen LogP contribution < -0.4 is 0 Å². The number of hydrogen-bond donors (Lipinski definition) is 2. The van der Waals surface area contributed by atoms with E-state index in [-0.39, 0.29) is 6.10 Å². The van der Waals surface area contributed by atoms with Gasteiger partial charge in [0.2, 0.25) is 0 Å². The van der Waals surface area contributed by atoms with E-state index in [1.54, 1.807) is 18.2 Å². The van der Waals surface area contributed by atoms with Gasteiger partial charge >= 0.3 is 5.97 Å². The number of nitrogens with zero attached hydrogens (tertiary/aromatic N) is 2. The van der Waals surface area contributed by atoms with Gasteiger partial charge in [-0.1, -0.05) is 0 Å². The summed E-state index contributed by atoms with van der Waals surface area (Å²) in [5.41, 5.74) is 2.10. The van der Waals surface area contributed by atoms with Crippen molar-refractivity contribution in [2.45, 2.75) is 44.2 Å². The first-order valence-electron chi connectivity index (χ1n) is 7.53. The number of benzene rings is 1. The largest absolute Gasteiger partial charge is 0.478 e. The lowest BCUT2D eigenvalue weighted by Crippen LogP contribution is -2.31. The Hall–Kier alpha value is -1.88. The summed E-state index contributed by atoms with van der Waals surface area (Å²) in [6.07, 6.45) is 3.85. The number of hydrogen-bond acceptors (Lipinski definition) is 3. The number of aliphatic hydroxyl groups excluding tert-OH is 1. The summed E-state index contributed by atoms with van der Waals surface area (Å²) in [5, 5.41) is 18.6. The Morgan fingerprint density at radius 3 is 2.71 bits per heavy atom. The molecule has 110 valence electrons. The first-order chi connectivity index (χ1) is 10.1. The van der Waals surface area contributed by atoms with Crippen LogP contribution in [0.15, 0.2) is 18.2 Å². The molecule has 2 aromatic rings. The molecule has 0 aliphatic heterocycles. The molecule has 1 aromatic heterocycles. The van der Waals surface area contributed by atoms with E-state index in [2.05, 4.69) is 4.57 Å². The molecule has 0 amide bonds. The Bertz CT molecular complexity index is 712. The van der Waals surface area contributed by atoms with Crippen molar-refractivity contribution in [3.8, 4) is 0 Å². The molecular weight excluding hydrogens is 268 g/mol. The van der Waals surface area contributed by atoms with E-state index in [4.69, 9.17) is 4.98 Å². The van der Waals surface area contributed by atoms with Crippen molar-refractivity contribution >= 4 is 17.0 Å². The van der Waals surface area contributed by atoms with Crippen molar-refractivity contribution in [2.75, 3.05) is 0 Å². The summed E-state index contributed by atoms with van der Waals surface area (Å²) in [4.78, 5) is 15.9. The molecule has 1 aromatic carbocycles. The number of rotatable bonds is 4. The normalized spacial score (nSPS) is 25.0. The Morgan fingerprint density at radius 2 is 2.10 bits per heavy atom. The quantitative estimate of drug-likeness (QED) is 0.905. The maximum absolute atomic E-state index is 11.2. The van der Waals surface area contributed by atoms with Gasteiger partial charge in [-0.3, -0.25) is 0 Å². The number of carboxylic acid groups (broad SMARTS) is 1. The van der Waals surface area contributed by atoms with Crippen LogP contribution in [0, 0.1) is 5.92 Å². The van der Waals surface area contributed by atoms with Crippen LogP contribution in [0.4, 0.5) is 0 Å². The summed E-state index contributed by atoms with van der Waals surface area (Å²) in [6, 6.07) is 5.15. The third-order valence-corrected chi connectivity index (χ3v) is 4.62. The molecule has 2 saturated carbocycles. The molecule has 2 aliphatic carbocycles. The van der Waals surface area contributed by atoms with Gasteiger partial charge in [-0.05, 0) is 49.8 Å². The topological polar surface area (TPSA) is 75.3 Å². The number of carboxylic acids is 1. The molecule has 0 spiro atoms. The van der Waals surface area contributed by atoms with Crippen molar-refractivity contribution in [1.82, 2.24) is 9.55 Å². The fourth-order valence-electron chi connectivity index (χ4n) is 3.23. The van der Waals surface area contributed by atoms with Crippen molar-refractivity contribution in [2.24, 2.45) is 5.92 Å². The van der Waals surface area contributed by atoms with Gasteiger partial charge in [0, 0.05) is 12.5 Å². The van der Waals surface area contributed by atoms with Crippen LogP contribution in [0.25, 0.3) is 11.0 Å². The second-order valence-electron chi connectivity index (χ2n) is 6.35. The van der Waals surface area contributed by atoms with Gasteiger partial charge in [0.05, 0.1) is 22.7 Å². The average Bonchev–Trinajstić information content (AvgIpc) is 3.20. The third-order valence-electron chi connectivity index (χ3n) is 4.62. The molecule has 1 heterocycles. The third kappa shape index (κ3) is 2.21. The fourth-order valence-corrected chi connectivity index (χ4v) is 3.23. The lowest BCUT2D eigenvalue weighted by Gasteiger charge is -2.32. The standard InChI is InChI=1S/C16H18N2O3/c19-12-5-9(6-12)8-18-14-7-11(16(20)21)3-4-13(14)17-15(18)10-1-2-10/h3-4,7,9-10,12,19H,1-2,5-6,8H2,(H,20,21). The predicted octanol–water partition coefficient (Wildman–Crippen LogP) is 2.38. The summed E-state index contributed by atoms with van der Waals surface area (Å²) in [6.45, 7) is 0.836. The molecule has 0 bridgehead atoms. The number of aliphatic hydroxyl groups is 1. The first-order valence-corrected chi connectivity index (χ1v) is 7.53. The van der Waals surface area contributed by atoms with E-state index in [1.807, 2.05) is 0 Å². The van der Waals surface area contributed by atoms with E-state index < -0.39 is 5.97 Å². The smallest absolute Gasteiger partial charge is 0.335 e. The van der Waals surface area contributed by atoms with Crippen molar-refractivity contribution in [1.29, 1.82) is 0 Å². The molecule has 21 heavy (non-hydrogen) atoms. The lowest BCUT2D eigenvalue weighted by molar-refractivity contribution is 0.0354. The van der Waals surface area contributed by atoms with Crippen molar-refractivity contribution in [3.63, 3.8) is 0 Å². The summed E-state index contributed by atoms with van der Waals surface area (Å²) in [5.74, 6) is 1.18. The highest BCUT2D eigenvalue weighted by atomic mass is 16.4. The average molecular weight is 286 g/mol. The summed E-state index contributed by atoms with van der Waals surface area (Å²) in [7, 11) is 0. The second-order valence-corrected chi connectivity index (χ2v) is 6.35. The molecule has 2 fully saturated rings. The van der Waals surface area contributed by atoms with Crippen molar-refractivity contribution < 1.29 is 15.0 Å². The molecule has 0 atom stereocenters. The first kappa shape index (κ1) is 12.8. The van der Waals surface area contributed by atoms with E-state index in [0.29, 0.717) is 17.4 Å². The van der Waals surface area contributed by atoms with Gasteiger partial charge in [0.15, 0.2) is 0 Å². The Balaban J connectivity index is 1.77. The number of fused-ring (bicyclic) bond motifs is 1. The van der Waals surface area contributed by atoms with Gasteiger partial charge in [-0.25, -0.2) is 9.78 Å². The number of imidazole rings is 1. The highest BCUT2D eigenvalue weighted by Crippen LogP contribution is 2.42. The van der Waals surface area contributed by atoms with Gasteiger partial charge in [-0.2, -0.15) is 0 Å². The monoisotopic (exact) mass is 286 g/mol. The molecule has 2 aliphatic rings. The van der Waals surface area contributed by atoms with Gasteiger partial charge in [0.1, 0.15) is 5.82 Å². The van der Waals surface area contributed by atoms with Gasteiger partial charge < -0.3 is 14.8 Å². The van der Waals surface area contributed by atoms with Gasteiger partial charge in [-0.15, -0.1) is 0 Å². The number of aromatic carboxylic acids is 1.